The summed E-state index contributed by atoms with van der Waals surface area (Å²) in [5.74, 6) is 1.48. The Kier molecular flexibility index (Phi) is 6.28. The third kappa shape index (κ3) is 4.59. The van der Waals surface area contributed by atoms with Gasteiger partial charge in [0, 0.05) is 26.3 Å². The van der Waals surface area contributed by atoms with Crippen molar-refractivity contribution in [2.45, 2.75) is 28.5 Å². The first kappa shape index (κ1) is 21.8. The van der Waals surface area contributed by atoms with Gasteiger partial charge in [-0.1, -0.05) is 41.3 Å². The molecule has 31 heavy (non-hydrogen) atoms. The van der Waals surface area contributed by atoms with Crippen molar-refractivity contribution >= 4 is 55.0 Å². The summed E-state index contributed by atoms with van der Waals surface area (Å²) < 4.78 is 29.0. The molecule has 0 saturated carbocycles. The zero-order valence-electron chi connectivity index (χ0n) is 17.3. The van der Waals surface area contributed by atoms with Crippen molar-refractivity contribution < 1.29 is 8.42 Å². The van der Waals surface area contributed by atoms with E-state index >= 15 is 0 Å². The van der Waals surface area contributed by atoms with Crippen molar-refractivity contribution in [1.82, 2.24) is 24.1 Å². The topological polar surface area (TPSA) is 93.0 Å². The number of hydrogen-bond donors (Lipinski definition) is 1. The third-order valence-electron chi connectivity index (χ3n) is 4.65. The second-order valence-corrected chi connectivity index (χ2v) is 11.2. The molecule has 1 N–H and O–H groups in total. The van der Waals surface area contributed by atoms with E-state index in [2.05, 4.69) is 20.1 Å². The predicted molar refractivity (Wildman–Crippen MR) is 125 cm³/mol. The van der Waals surface area contributed by atoms with Gasteiger partial charge in [-0.25, -0.2) is 17.7 Å². The number of aromatic nitrogens is 4. The lowest BCUT2D eigenvalue weighted by molar-refractivity contribution is 0.521. The number of fused-ring (bicyclic) bond motifs is 1. The van der Waals surface area contributed by atoms with E-state index in [4.69, 9.17) is 4.98 Å². The van der Waals surface area contributed by atoms with Gasteiger partial charge in [0.15, 0.2) is 4.34 Å². The standard InChI is InChI=1S/C20H22N6O2S3/c1-4-26-17-11-10-15(31(27,28)25(2)3)12-16(17)22-18(26)13-29-20-24-23-19(30-20)21-14-8-6-5-7-9-14/h5-12H,4,13H2,1-3H3,(H,21,23). The molecule has 8 nitrogen and oxygen atoms in total. The summed E-state index contributed by atoms with van der Waals surface area (Å²) in [7, 11) is -0.456. The van der Waals surface area contributed by atoms with Crippen LogP contribution in [0.5, 0.6) is 0 Å². The Bertz CT molecular complexity index is 1300. The van der Waals surface area contributed by atoms with Crippen LogP contribution in [-0.2, 0) is 22.3 Å². The van der Waals surface area contributed by atoms with E-state index in [1.807, 2.05) is 43.3 Å². The highest BCUT2D eigenvalue weighted by molar-refractivity contribution is 8.00. The highest BCUT2D eigenvalue weighted by atomic mass is 32.2. The molecule has 0 aliphatic rings. The largest absolute Gasteiger partial charge is 0.330 e. The molecule has 2 heterocycles. The zero-order valence-corrected chi connectivity index (χ0v) is 19.8. The maximum absolute atomic E-state index is 12.4. The number of para-hydroxylation sites is 1. The highest BCUT2D eigenvalue weighted by Gasteiger charge is 2.19. The van der Waals surface area contributed by atoms with Gasteiger partial charge in [-0.2, -0.15) is 0 Å². The van der Waals surface area contributed by atoms with Crippen molar-refractivity contribution in [2.75, 3.05) is 19.4 Å². The number of rotatable bonds is 8. The number of sulfonamides is 1. The van der Waals surface area contributed by atoms with Gasteiger partial charge in [-0.05, 0) is 37.3 Å². The number of aryl methyl sites for hydroxylation is 1. The zero-order chi connectivity index (χ0) is 22.0. The summed E-state index contributed by atoms with van der Waals surface area (Å²) in [6, 6.07) is 14.9. The molecular weight excluding hydrogens is 452 g/mol. The molecule has 0 saturated heterocycles. The van der Waals surface area contributed by atoms with Gasteiger partial charge in [0.1, 0.15) is 5.82 Å². The molecule has 0 atom stereocenters. The molecule has 0 amide bonds. The van der Waals surface area contributed by atoms with E-state index in [0.29, 0.717) is 11.3 Å². The second-order valence-electron chi connectivity index (χ2n) is 6.86. The Morgan fingerprint density at radius 2 is 1.90 bits per heavy atom. The van der Waals surface area contributed by atoms with Gasteiger partial charge in [0.2, 0.25) is 15.2 Å². The first-order valence-electron chi connectivity index (χ1n) is 9.58. The Labute approximate surface area is 189 Å². The van der Waals surface area contributed by atoms with Crippen LogP contribution in [0.25, 0.3) is 11.0 Å². The molecule has 0 spiro atoms. The second kappa shape index (κ2) is 8.95. The lowest BCUT2D eigenvalue weighted by Gasteiger charge is -2.11. The minimum atomic E-state index is -3.50. The number of nitrogens with one attached hydrogen (secondary N) is 1. The van der Waals surface area contributed by atoms with E-state index < -0.39 is 10.0 Å². The molecule has 11 heteroatoms. The molecule has 0 aliphatic carbocycles. The van der Waals surface area contributed by atoms with Gasteiger partial charge >= 0.3 is 0 Å². The minimum absolute atomic E-state index is 0.241. The van der Waals surface area contributed by atoms with Crippen molar-refractivity contribution in [3.05, 3.63) is 54.4 Å². The normalized spacial score (nSPS) is 12.0. The minimum Gasteiger partial charge on any atom is -0.330 e. The van der Waals surface area contributed by atoms with Crippen LogP contribution in [0, 0.1) is 0 Å². The number of hydrogen-bond acceptors (Lipinski definition) is 8. The van der Waals surface area contributed by atoms with E-state index in [9.17, 15) is 8.42 Å². The monoisotopic (exact) mass is 474 g/mol. The van der Waals surface area contributed by atoms with Crippen LogP contribution < -0.4 is 5.32 Å². The summed E-state index contributed by atoms with van der Waals surface area (Å²) in [6.45, 7) is 2.79. The molecule has 0 bridgehead atoms. The summed E-state index contributed by atoms with van der Waals surface area (Å²) in [6.07, 6.45) is 0. The number of nitrogens with zero attached hydrogens (tertiary/aromatic N) is 5. The molecule has 0 fully saturated rings. The lowest BCUT2D eigenvalue weighted by atomic mass is 10.3. The van der Waals surface area contributed by atoms with E-state index in [0.717, 1.165) is 33.0 Å². The number of imidazole rings is 1. The van der Waals surface area contributed by atoms with E-state index in [1.54, 1.807) is 23.9 Å². The van der Waals surface area contributed by atoms with Gasteiger partial charge < -0.3 is 9.88 Å². The van der Waals surface area contributed by atoms with Crippen LogP contribution in [0.1, 0.15) is 12.7 Å². The fraction of sp³-hybridized carbons (Fsp3) is 0.250. The summed E-state index contributed by atoms with van der Waals surface area (Å²) in [5.41, 5.74) is 2.55. The predicted octanol–water partition coefficient (Wildman–Crippen LogP) is 4.19. The Morgan fingerprint density at radius 3 is 2.61 bits per heavy atom. The van der Waals surface area contributed by atoms with Crippen molar-refractivity contribution in [1.29, 1.82) is 0 Å². The first-order chi connectivity index (χ1) is 14.9. The fourth-order valence-electron chi connectivity index (χ4n) is 3.08. The van der Waals surface area contributed by atoms with Crippen LogP contribution in [0.2, 0.25) is 0 Å². The molecule has 162 valence electrons. The molecule has 0 unspecified atom stereocenters. The summed E-state index contributed by atoms with van der Waals surface area (Å²) >= 11 is 3.04. The molecule has 2 aromatic carbocycles. The van der Waals surface area contributed by atoms with Crippen LogP contribution >= 0.6 is 23.1 Å². The Morgan fingerprint density at radius 1 is 1.13 bits per heavy atom. The highest BCUT2D eigenvalue weighted by Crippen LogP contribution is 2.31. The number of anilines is 2. The molecule has 0 radical (unpaired) electrons. The molecule has 4 rings (SSSR count). The fourth-order valence-corrected chi connectivity index (χ4v) is 5.72. The smallest absolute Gasteiger partial charge is 0.242 e. The quantitative estimate of drug-likeness (QED) is 0.383. The maximum Gasteiger partial charge on any atom is 0.242 e. The van der Waals surface area contributed by atoms with Crippen molar-refractivity contribution in [2.24, 2.45) is 0 Å². The summed E-state index contributed by atoms with van der Waals surface area (Å²) in [4.78, 5) is 4.95. The lowest BCUT2D eigenvalue weighted by Crippen LogP contribution is -2.22. The van der Waals surface area contributed by atoms with Crippen LogP contribution in [-0.4, -0.2) is 46.6 Å². The van der Waals surface area contributed by atoms with Gasteiger partial charge in [0.25, 0.3) is 0 Å². The van der Waals surface area contributed by atoms with E-state index in [1.165, 1.54) is 29.7 Å². The average molecular weight is 475 g/mol. The van der Waals surface area contributed by atoms with Crippen LogP contribution in [0.3, 0.4) is 0 Å². The number of benzene rings is 2. The molecule has 4 aromatic rings. The number of thioether (sulfide) groups is 1. The Hall–Kier alpha value is -2.47. The maximum atomic E-state index is 12.4. The van der Waals surface area contributed by atoms with Crippen LogP contribution in [0.15, 0.2) is 57.8 Å². The van der Waals surface area contributed by atoms with Gasteiger partial charge in [-0.3, -0.25) is 0 Å². The summed E-state index contributed by atoms with van der Waals surface area (Å²) in [5, 5.41) is 12.4. The van der Waals surface area contributed by atoms with E-state index in [-0.39, 0.29) is 4.90 Å². The molecular formula is C20H22N6O2S3. The van der Waals surface area contributed by atoms with Gasteiger partial charge in [-0.15, -0.1) is 10.2 Å². The van der Waals surface area contributed by atoms with Gasteiger partial charge in [0.05, 0.1) is 21.7 Å². The SMILES string of the molecule is CCn1c(CSc2nnc(Nc3ccccc3)s2)nc2cc(S(=O)(=O)N(C)C)ccc21. The van der Waals surface area contributed by atoms with Crippen molar-refractivity contribution in [3.63, 3.8) is 0 Å². The third-order valence-corrected chi connectivity index (χ3v) is 8.43. The Balaban J connectivity index is 1.53. The van der Waals surface area contributed by atoms with Crippen molar-refractivity contribution in [3.8, 4) is 0 Å². The molecule has 0 aliphatic heterocycles. The first-order valence-corrected chi connectivity index (χ1v) is 12.8. The molecule has 2 aromatic heterocycles. The average Bonchev–Trinajstić information content (AvgIpc) is 3.35. The van der Waals surface area contributed by atoms with Crippen LogP contribution in [0.4, 0.5) is 10.8 Å².